The molecule has 1 aliphatic heterocycles. The van der Waals surface area contributed by atoms with Gasteiger partial charge in [-0.2, -0.15) is 0 Å². The minimum Gasteiger partial charge on any atom is -0.460 e. The van der Waals surface area contributed by atoms with E-state index in [1.54, 1.807) is 19.9 Å². The summed E-state index contributed by atoms with van der Waals surface area (Å²) in [4.78, 5) is 41.3. The van der Waals surface area contributed by atoms with Crippen molar-refractivity contribution >= 4 is 28.8 Å². The lowest BCUT2D eigenvalue weighted by molar-refractivity contribution is -0.130. The zero-order valence-corrected chi connectivity index (χ0v) is 16.4. The zero-order chi connectivity index (χ0) is 20.1. The number of urea groups is 1. The van der Waals surface area contributed by atoms with Gasteiger partial charge in [0.15, 0.2) is 0 Å². The molecule has 3 amide bonds. The molecule has 0 saturated carbocycles. The molecule has 28 heavy (non-hydrogen) atoms. The van der Waals surface area contributed by atoms with E-state index in [4.69, 9.17) is 4.74 Å². The highest BCUT2D eigenvalue weighted by Gasteiger charge is 2.44. The van der Waals surface area contributed by atoms with Gasteiger partial charge in [-0.25, -0.2) is 9.59 Å². The number of H-pyrrole nitrogens is 1. The van der Waals surface area contributed by atoms with Crippen molar-refractivity contribution in [2.75, 3.05) is 13.2 Å². The number of hydrogen-bond acceptors (Lipinski definition) is 4. The number of carbonyl (C=O) groups excluding carboxylic acids is 3. The average molecular weight is 383 g/mol. The predicted octanol–water partition coefficient (Wildman–Crippen LogP) is 2.78. The number of carbonyl (C=O) groups is 3. The Morgan fingerprint density at radius 3 is 2.82 bits per heavy atom. The van der Waals surface area contributed by atoms with Gasteiger partial charge in [-0.15, -0.1) is 0 Å². The highest BCUT2D eigenvalue weighted by molar-refractivity contribution is 6.06. The first kappa shape index (κ1) is 18.5. The van der Waals surface area contributed by atoms with Crippen LogP contribution in [-0.4, -0.2) is 46.5 Å². The van der Waals surface area contributed by atoms with Crippen molar-refractivity contribution in [3.05, 3.63) is 35.0 Å². The molecule has 1 fully saturated rings. The smallest absolute Gasteiger partial charge is 0.340 e. The lowest BCUT2D eigenvalue weighted by Gasteiger charge is -2.17. The molecular formula is C21H25N3O4. The Labute approximate surface area is 163 Å². The second-order valence-corrected chi connectivity index (χ2v) is 8.31. The van der Waals surface area contributed by atoms with E-state index in [2.05, 4.69) is 17.2 Å². The standard InChI is InChI=1S/C21H25N3O4/c1-12-7-8-16-15(11-12)13-5-4-6-14(17(13)22-16)18(25)28-10-9-24-19(26)21(2,3)23-20(24)27/h4-6,12,22H,7-11H2,1-3H3,(H,23,27)/t12-/m1/s1. The van der Waals surface area contributed by atoms with Crippen molar-refractivity contribution in [1.29, 1.82) is 0 Å². The van der Waals surface area contributed by atoms with Crippen molar-refractivity contribution in [1.82, 2.24) is 15.2 Å². The van der Waals surface area contributed by atoms with E-state index in [0.717, 1.165) is 35.1 Å². The largest absolute Gasteiger partial charge is 0.460 e. The molecule has 2 heterocycles. The fourth-order valence-corrected chi connectivity index (χ4v) is 4.11. The van der Waals surface area contributed by atoms with Crippen LogP contribution in [0.5, 0.6) is 0 Å². The number of fused-ring (bicyclic) bond motifs is 3. The number of ether oxygens (including phenoxy) is 1. The monoisotopic (exact) mass is 383 g/mol. The number of aromatic nitrogens is 1. The van der Waals surface area contributed by atoms with Gasteiger partial charge in [-0.05, 0) is 50.7 Å². The number of para-hydroxylation sites is 1. The Balaban J connectivity index is 1.48. The van der Waals surface area contributed by atoms with Crippen molar-refractivity contribution in [3.8, 4) is 0 Å². The highest BCUT2D eigenvalue weighted by Crippen LogP contribution is 2.33. The van der Waals surface area contributed by atoms with Crippen LogP contribution in [-0.2, 0) is 22.4 Å². The van der Waals surface area contributed by atoms with Gasteiger partial charge in [-0.3, -0.25) is 9.69 Å². The van der Waals surface area contributed by atoms with E-state index < -0.39 is 17.5 Å². The van der Waals surface area contributed by atoms with Crippen LogP contribution in [0.15, 0.2) is 18.2 Å². The number of hydrogen-bond donors (Lipinski definition) is 2. The maximum Gasteiger partial charge on any atom is 0.340 e. The fourth-order valence-electron chi connectivity index (χ4n) is 4.11. The van der Waals surface area contributed by atoms with Gasteiger partial charge in [0.05, 0.1) is 17.6 Å². The Hall–Kier alpha value is -2.83. The number of nitrogens with zero attached hydrogens (tertiary/aromatic N) is 1. The van der Waals surface area contributed by atoms with E-state index in [1.165, 1.54) is 11.3 Å². The summed E-state index contributed by atoms with van der Waals surface area (Å²) in [6.45, 7) is 5.54. The summed E-state index contributed by atoms with van der Waals surface area (Å²) in [7, 11) is 0. The van der Waals surface area contributed by atoms with Crippen LogP contribution in [0.3, 0.4) is 0 Å². The van der Waals surface area contributed by atoms with Gasteiger partial charge in [-0.1, -0.05) is 19.1 Å². The van der Waals surface area contributed by atoms with Crippen LogP contribution >= 0.6 is 0 Å². The first-order valence-corrected chi connectivity index (χ1v) is 9.71. The molecule has 7 nitrogen and oxygen atoms in total. The number of amides is 3. The molecule has 1 aromatic heterocycles. The summed E-state index contributed by atoms with van der Waals surface area (Å²) in [6, 6.07) is 5.19. The van der Waals surface area contributed by atoms with E-state index in [9.17, 15) is 14.4 Å². The molecular weight excluding hydrogens is 358 g/mol. The van der Waals surface area contributed by atoms with Crippen LogP contribution < -0.4 is 5.32 Å². The molecule has 2 aliphatic rings. The molecule has 4 rings (SSSR count). The number of esters is 1. The number of imide groups is 1. The SMILES string of the molecule is C[C@@H]1CCc2[nH]c3c(C(=O)OCCN4C(=O)NC(C)(C)C4=O)cccc3c2C1. The molecule has 7 heteroatoms. The Morgan fingerprint density at radius 2 is 2.11 bits per heavy atom. The van der Waals surface area contributed by atoms with Gasteiger partial charge in [0.1, 0.15) is 12.1 Å². The maximum absolute atomic E-state index is 12.7. The van der Waals surface area contributed by atoms with E-state index in [-0.39, 0.29) is 19.1 Å². The second-order valence-electron chi connectivity index (χ2n) is 8.31. The average Bonchev–Trinajstić information content (AvgIpc) is 3.10. The summed E-state index contributed by atoms with van der Waals surface area (Å²) in [5.74, 6) is -0.138. The zero-order valence-electron chi connectivity index (χ0n) is 16.4. The maximum atomic E-state index is 12.7. The first-order chi connectivity index (χ1) is 13.3. The lowest BCUT2D eigenvalue weighted by Crippen LogP contribution is -2.40. The van der Waals surface area contributed by atoms with Crippen molar-refractivity contribution in [3.63, 3.8) is 0 Å². The van der Waals surface area contributed by atoms with Crippen molar-refractivity contribution in [2.45, 2.75) is 45.6 Å². The van der Waals surface area contributed by atoms with Crippen LogP contribution in [0.25, 0.3) is 10.9 Å². The second kappa shape index (κ2) is 6.65. The highest BCUT2D eigenvalue weighted by atomic mass is 16.5. The molecule has 1 saturated heterocycles. The minimum absolute atomic E-state index is 0.0363. The Bertz CT molecular complexity index is 975. The third-order valence-electron chi connectivity index (χ3n) is 5.68. The number of benzene rings is 1. The van der Waals surface area contributed by atoms with Crippen molar-refractivity contribution < 1.29 is 19.1 Å². The van der Waals surface area contributed by atoms with Gasteiger partial charge < -0.3 is 15.0 Å². The normalized spacial score (nSPS) is 21.0. The van der Waals surface area contributed by atoms with E-state index >= 15 is 0 Å². The quantitative estimate of drug-likeness (QED) is 0.627. The third kappa shape index (κ3) is 3.04. The molecule has 2 aromatic rings. The third-order valence-corrected chi connectivity index (χ3v) is 5.68. The molecule has 2 N–H and O–H groups in total. The number of aryl methyl sites for hydroxylation is 1. The van der Waals surface area contributed by atoms with Gasteiger partial charge >= 0.3 is 12.0 Å². The first-order valence-electron chi connectivity index (χ1n) is 9.71. The Morgan fingerprint density at radius 1 is 1.32 bits per heavy atom. The lowest BCUT2D eigenvalue weighted by atomic mass is 9.87. The fraction of sp³-hybridized carbons (Fsp3) is 0.476. The number of aromatic amines is 1. The topological polar surface area (TPSA) is 91.5 Å². The van der Waals surface area contributed by atoms with Gasteiger partial charge in [0.25, 0.3) is 5.91 Å². The van der Waals surface area contributed by atoms with Crippen LogP contribution in [0, 0.1) is 5.92 Å². The van der Waals surface area contributed by atoms with Crippen LogP contribution in [0.2, 0.25) is 0 Å². The van der Waals surface area contributed by atoms with Crippen LogP contribution in [0.4, 0.5) is 4.79 Å². The molecule has 1 atom stereocenters. The summed E-state index contributed by atoms with van der Waals surface area (Å²) >= 11 is 0. The van der Waals surface area contributed by atoms with Crippen LogP contribution in [0.1, 0.15) is 48.8 Å². The molecule has 0 bridgehead atoms. The molecule has 0 radical (unpaired) electrons. The molecule has 148 valence electrons. The minimum atomic E-state index is -0.923. The number of nitrogens with one attached hydrogen (secondary N) is 2. The number of rotatable bonds is 4. The van der Waals surface area contributed by atoms with E-state index in [0.29, 0.717) is 11.5 Å². The summed E-state index contributed by atoms with van der Waals surface area (Å²) in [6.07, 6.45) is 3.14. The summed E-state index contributed by atoms with van der Waals surface area (Å²) < 4.78 is 5.38. The van der Waals surface area contributed by atoms with Gasteiger partial charge in [0.2, 0.25) is 0 Å². The van der Waals surface area contributed by atoms with E-state index in [1.807, 2.05) is 12.1 Å². The molecule has 1 aliphatic carbocycles. The Kier molecular flexibility index (Phi) is 4.40. The molecule has 0 unspecified atom stereocenters. The van der Waals surface area contributed by atoms with Gasteiger partial charge in [0, 0.05) is 11.1 Å². The molecule has 1 aromatic carbocycles. The predicted molar refractivity (Wildman–Crippen MR) is 104 cm³/mol. The molecule has 0 spiro atoms. The summed E-state index contributed by atoms with van der Waals surface area (Å²) in [5.41, 5.74) is 2.87. The summed E-state index contributed by atoms with van der Waals surface area (Å²) in [5, 5.41) is 3.69. The van der Waals surface area contributed by atoms with Crippen molar-refractivity contribution in [2.24, 2.45) is 5.92 Å².